The second-order valence-corrected chi connectivity index (χ2v) is 14.1. The van der Waals surface area contributed by atoms with Crippen LogP contribution in [-0.2, 0) is 0 Å². The quantitative estimate of drug-likeness (QED) is 0.0873. The molecule has 4 nitrogen and oxygen atoms in total. The van der Waals surface area contributed by atoms with E-state index in [2.05, 4.69) is 117 Å². The molecule has 0 N–H and O–H groups in total. The van der Waals surface area contributed by atoms with Gasteiger partial charge in [0.25, 0.3) is 0 Å². The van der Waals surface area contributed by atoms with Gasteiger partial charge in [-0.25, -0.2) is 4.98 Å². The zero-order valence-corrected chi connectivity index (χ0v) is 30.1. The van der Waals surface area contributed by atoms with Crippen LogP contribution in [0.2, 0.25) is 0 Å². The Bertz CT molecular complexity index is 1590. The lowest BCUT2D eigenvalue weighted by Gasteiger charge is -2.27. The molecule has 1 aliphatic rings. The molecule has 0 amide bonds. The van der Waals surface area contributed by atoms with E-state index in [1.807, 2.05) is 19.1 Å². The van der Waals surface area contributed by atoms with Gasteiger partial charge in [0.15, 0.2) is 0 Å². The minimum absolute atomic E-state index is 0.577. The number of allylic oxidation sites excluding steroid dienone is 2. The van der Waals surface area contributed by atoms with Gasteiger partial charge in [-0.3, -0.25) is 0 Å². The van der Waals surface area contributed by atoms with Gasteiger partial charge in [-0.05, 0) is 75.3 Å². The van der Waals surface area contributed by atoms with Crippen molar-refractivity contribution in [2.45, 2.75) is 79.2 Å². The maximum atomic E-state index is 5.71. The summed E-state index contributed by atoms with van der Waals surface area (Å²) in [6.07, 6.45) is 11.6. The minimum atomic E-state index is 0.577. The van der Waals surface area contributed by atoms with E-state index in [0.29, 0.717) is 12.0 Å². The van der Waals surface area contributed by atoms with Crippen LogP contribution in [0.1, 0.15) is 88.5 Å². The third-order valence-corrected chi connectivity index (χ3v) is 10.00. The van der Waals surface area contributed by atoms with Crippen molar-refractivity contribution in [3.05, 3.63) is 88.9 Å². The number of anilines is 1. The Labute approximate surface area is 281 Å². The van der Waals surface area contributed by atoms with Crippen LogP contribution in [0.15, 0.2) is 72.6 Å². The molecule has 0 unspecified atom stereocenters. The van der Waals surface area contributed by atoms with E-state index in [1.165, 1.54) is 64.9 Å². The molecule has 1 aromatic carbocycles. The predicted molar refractivity (Wildman–Crippen MR) is 203 cm³/mol. The van der Waals surface area contributed by atoms with Gasteiger partial charge in [0.2, 0.25) is 0 Å². The molecule has 0 spiro atoms. The van der Waals surface area contributed by atoms with Crippen LogP contribution in [0.5, 0.6) is 0 Å². The van der Waals surface area contributed by atoms with Crippen molar-refractivity contribution >= 4 is 50.8 Å². The second-order valence-electron chi connectivity index (χ2n) is 12.8. The van der Waals surface area contributed by atoms with Crippen LogP contribution >= 0.6 is 23.6 Å². The van der Waals surface area contributed by atoms with Crippen molar-refractivity contribution in [1.29, 1.82) is 0 Å². The van der Waals surface area contributed by atoms with Crippen LogP contribution in [0.3, 0.4) is 0 Å². The zero-order valence-electron chi connectivity index (χ0n) is 28.5. The van der Waals surface area contributed by atoms with Gasteiger partial charge < -0.3 is 14.4 Å². The predicted octanol–water partition coefficient (Wildman–Crippen LogP) is 11.0. The average molecular weight is 641 g/mol. The largest absolute Gasteiger partial charge is 0.376 e. The SMILES string of the molecule is C/C=C\C(=S)c1scc(-c2ccccc2)c1N(CCC)CCC(C)C.C=C(c1cc2ccc(C)nc2n1C1CCCC1)N(C)C. The number of thiocarbonyl (C=S) groups is 1. The number of aryl methyl sites for hydroxylation is 1. The van der Waals surface area contributed by atoms with Crippen LogP contribution in [0, 0.1) is 12.8 Å². The first-order chi connectivity index (χ1) is 21.7. The van der Waals surface area contributed by atoms with Crippen molar-refractivity contribution in [1.82, 2.24) is 14.5 Å². The Balaban J connectivity index is 0.000000209. The summed E-state index contributed by atoms with van der Waals surface area (Å²) in [5.41, 5.74) is 8.38. The van der Waals surface area contributed by atoms with Crippen LogP contribution in [0.4, 0.5) is 5.69 Å². The van der Waals surface area contributed by atoms with Gasteiger partial charge in [-0.1, -0.05) is 88.8 Å². The Kier molecular flexibility index (Phi) is 12.6. The first-order valence-electron chi connectivity index (χ1n) is 16.6. The molecule has 1 saturated carbocycles. The summed E-state index contributed by atoms with van der Waals surface area (Å²) in [6, 6.07) is 17.8. The summed E-state index contributed by atoms with van der Waals surface area (Å²) in [6.45, 7) is 17.3. The van der Waals surface area contributed by atoms with Crippen molar-refractivity contribution in [2.24, 2.45) is 5.92 Å². The molecule has 4 aromatic rings. The van der Waals surface area contributed by atoms with E-state index in [0.717, 1.165) is 41.4 Å². The van der Waals surface area contributed by atoms with E-state index in [4.69, 9.17) is 17.2 Å². The van der Waals surface area contributed by atoms with E-state index in [1.54, 1.807) is 11.3 Å². The summed E-state index contributed by atoms with van der Waals surface area (Å²) in [4.78, 5) is 11.6. The van der Waals surface area contributed by atoms with Gasteiger partial charge in [0.05, 0.1) is 26.8 Å². The number of hydrogen-bond donors (Lipinski definition) is 0. The number of nitrogens with zero attached hydrogens (tertiary/aromatic N) is 4. The lowest BCUT2D eigenvalue weighted by Crippen LogP contribution is -2.27. The average Bonchev–Trinajstić information content (AvgIpc) is 3.78. The van der Waals surface area contributed by atoms with Crippen molar-refractivity contribution in [2.75, 3.05) is 32.1 Å². The van der Waals surface area contributed by atoms with Crippen LogP contribution < -0.4 is 4.90 Å². The summed E-state index contributed by atoms with van der Waals surface area (Å²) >= 11 is 7.48. The van der Waals surface area contributed by atoms with Gasteiger partial charge in [0, 0.05) is 55.3 Å². The monoisotopic (exact) mass is 640 g/mol. The second kappa shape index (κ2) is 16.4. The third kappa shape index (κ3) is 8.53. The summed E-state index contributed by atoms with van der Waals surface area (Å²) < 4.78 is 2.43. The number of aromatic nitrogens is 2. The molecule has 3 aromatic heterocycles. The molecule has 3 heterocycles. The molecule has 0 saturated heterocycles. The standard InChI is InChI=1S/C22H29NS2.C17H23N3/c1-5-10-20(24)22-21(23(14-6-2)15-13-17(3)4)19(16-25-22)18-11-8-7-9-12-18;1-12-9-10-14-11-16(13(2)19(3)4)20(17(14)18-12)15-7-5-6-8-15/h5,7-12,16-17H,6,13-15H2,1-4H3;9-11,15H,2,5-8H2,1,3-4H3/b10-5-;. The smallest absolute Gasteiger partial charge is 0.140 e. The van der Waals surface area contributed by atoms with Crippen molar-refractivity contribution in [3.63, 3.8) is 0 Å². The maximum absolute atomic E-state index is 5.71. The fourth-order valence-electron chi connectivity index (χ4n) is 6.08. The van der Waals surface area contributed by atoms with Crippen molar-refractivity contribution < 1.29 is 0 Å². The Morgan fingerprint density at radius 2 is 1.82 bits per heavy atom. The van der Waals surface area contributed by atoms with Gasteiger partial charge in [0.1, 0.15) is 5.65 Å². The fourth-order valence-corrected chi connectivity index (χ4v) is 7.48. The summed E-state index contributed by atoms with van der Waals surface area (Å²) in [5, 5.41) is 3.49. The van der Waals surface area contributed by atoms with E-state index >= 15 is 0 Å². The minimum Gasteiger partial charge on any atom is -0.376 e. The molecule has 1 fully saturated rings. The normalized spacial score (nSPS) is 13.4. The number of fused-ring (bicyclic) bond motifs is 1. The first-order valence-corrected chi connectivity index (χ1v) is 17.9. The summed E-state index contributed by atoms with van der Waals surface area (Å²) in [7, 11) is 4.11. The number of hydrogen-bond acceptors (Lipinski definition) is 5. The number of benzene rings is 1. The van der Waals surface area contributed by atoms with Gasteiger partial charge >= 0.3 is 0 Å². The molecule has 5 rings (SSSR count). The summed E-state index contributed by atoms with van der Waals surface area (Å²) in [5.74, 6) is 0.698. The van der Waals surface area contributed by atoms with E-state index in [9.17, 15) is 0 Å². The molecular weight excluding hydrogens is 589 g/mol. The molecule has 0 radical (unpaired) electrons. The van der Waals surface area contributed by atoms with Crippen molar-refractivity contribution in [3.8, 4) is 11.1 Å². The Morgan fingerprint density at radius 3 is 2.44 bits per heavy atom. The molecule has 0 atom stereocenters. The van der Waals surface area contributed by atoms with Gasteiger partial charge in [-0.15, -0.1) is 11.3 Å². The lowest BCUT2D eigenvalue weighted by atomic mass is 10.0. The number of thiophene rings is 1. The first kappa shape index (κ1) is 34.6. The van der Waals surface area contributed by atoms with E-state index < -0.39 is 0 Å². The van der Waals surface area contributed by atoms with E-state index in [-0.39, 0.29) is 0 Å². The molecule has 0 bridgehead atoms. The highest BCUT2D eigenvalue weighted by Gasteiger charge is 2.24. The number of rotatable bonds is 12. The molecular formula is C39H52N4S2. The highest BCUT2D eigenvalue weighted by atomic mass is 32.1. The number of pyridine rings is 1. The zero-order chi connectivity index (χ0) is 32.5. The molecule has 0 aliphatic heterocycles. The Hall–Kier alpha value is -3.22. The highest BCUT2D eigenvalue weighted by Crippen LogP contribution is 2.40. The van der Waals surface area contributed by atoms with Gasteiger partial charge in [-0.2, -0.15) is 0 Å². The molecule has 1 aliphatic carbocycles. The highest BCUT2D eigenvalue weighted by molar-refractivity contribution is 7.81. The lowest BCUT2D eigenvalue weighted by molar-refractivity contribution is 0.512. The molecule has 45 heavy (non-hydrogen) atoms. The topological polar surface area (TPSA) is 24.3 Å². The molecule has 6 heteroatoms. The maximum Gasteiger partial charge on any atom is 0.140 e. The molecule has 240 valence electrons. The fraction of sp³-hybridized carbons (Fsp3) is 0.436. The van der Waals surface area contributed by atoms with Crippen LogP contribution in [-0.4, -0.2) is 46.5 Å². The third-order valence-electron chi connectivity index (χ3n) is 8.53. The Morgan fingerprint density at radius 1 is 1.11 bits per heavy atom. The van der Waals surface area contributed by atoms with Crippen LogP contribution in [0.25, 0.3) is 27.9 Å².